The molecule has 0 saturated heterocycles. The molecule has 0 radical (unpaired) electrons. The molecule has 1 heterocycles. The minimum atomic E-state index is 0.536. The van der Waals surface area contributed by atoms with Crippen molar-refractivity contribution in [3.05, 3.63) is 46.4 Å². The second kappa shape index (κ2) is 6.37. The maximum atomic E-state index is 5.69. The van der Waals surface area contributed by atoms with E-state index < -0.39 is 0 Å². The molecule has 0 saturated carbocycles. The van der Waals surface area contributed by atoms with Gasteiger partial charge in [0.25, 0.3) is 0 Å². The molecule has 0 atom stereocenters. The second-order valence-corrected chi connectivity index (χ2v) is 4.41. The highest BCUT2D eigenvalue weighted by Crippen LogP contribution is 2.15. The molecule has 0 spiro atoms. The topological polar surface area (TPSA) is 34.1 Å². The lowest BCUT2D eigenvalue weighted by Gasteiger charge is -2.07. The first-order valence-electron chi connectivity index (χ1n) is 5.68. The van der Waals surface area contributed by atoms with Gasteiger partial charge in [-0.1, -0.05) is 19.1 Å². The number of ether oxygens (including phenoxy) is 1. The molecule has 4 heteroatoms. The summed E-state index contributed by atoms with van der Waals surface area (Å²) in [6, 6.07) is 8.15. The largest absolute Gasteiger partial charge is 0.487 e. The first-order valence-corrected chi connectivity index (χ1v) is 6.62. The zero-order valence-corrected chi connectivity index (χ0v) is 10.7. The van der Waals surface area contributed by atoms with Crippen molar-refractivity contribution in [2.45, 2.75) is 20.1 Å². The van der Waals surface area contributed by atoms with Crippen molar-refractivity contribution < 1.29 is 4.74 Å². The van der Waals surface area contributed by atoms with Gasteiger partial charge in [0.05, 0.1) is 11.2 Å². The highest BCUT2D eigenvalue weighted by molar-refractivity contribution is 7.07. The molecule has 17 heavy (non-hydrogen) atoms. The summed E-state index contributed by atoms with van der Waals surface area (Å²) < 4.78 is 5.69. The van der Waals surface area contributed by atoms with Gasteiger partial charge < -0.3 is 10.1 Å². The molecule has 0 unspecified atom stereocenters. The molecule has 1 aromatic heterocycles. The summed E-state index contributed by atoms with van der Waals surface area (Å²) in [5.41, 5.74) is 4.04. The molecule has 90 valence electrons. The fourth-order valence-corrected chi connectivity index (χ4v) is 2.02. The predicted molar refractivity (Wildman–Crippen MR) is 70.3 cm³/mol. The third-order valence-corrected chi connectivity index (χ3v) is 2.98. The standard InChI is InChI=1S/C13H16N2OS/c1-2-14-7-11-4-3-5-13(6-11)16-8-12-9-17-10-15-12/h3-6,9-10,14H,2,7-8H2,1H3. The maximum absolute atomic E-state index is 5.69. The molecule has 0 aliphatic heterocycles. The summed E-state index contributed by atoms with van der Waals surface area (Å²) >= 11 is 1.59. The Hall–Kier alpha value is -1.39. The molecule has 1 N–H and O–H groups in total. The van der Waals surface area contributed by atoms with Crippen LogP contribution < -0.4 is 10.1 Å². The van der Waals surface area contributed by atoms with Crippen LogP contribution >= 0.6 is 11.3 Å². The van der Waals surface area contributed by atoms with Gasteiger partial charge in [-0.2, -0.15) is 0 Å². The third kappa shape index (κ3) is 3.84. The van der Waals surface area contributed by atoms with Crippen molar-refractivity contribution in [3.63, 3.8) is 0 Å². The van der Waals surface area contributed by atoms with Crippen molar-refractivity contribution >= 4 is 11.3 Å². The van der Waals surface area contributed by atoms with Gasteiger partial charge in [0.1, 0.15) is 12.4 Å². The summed E-state index contributed by atoms with van der Waals surface area (Å²) in [6.07, 6.45) is 0. The number of benzene rings is 1. The zero-order chi connectivity index (χ0) is 11.9. The maximum Gasteiger partial charge on any atom is 0.131 e. The van der Waals surface area contributed by atoms with E-state index in [-0.39, 0.29) is 0 Å². The van der Waals surface area contributed by atoms with E-state index in [0.717, 1.165) is 24.5 Å². The van der Waals surface area contributed by atoms with Crippen LogP contribution in [0.25, 0.3) is 0 Å². The Morgan fingerprint density at radius 1 is 1.41 bits per heavy atom. The van der Waals surface area contributed by atoms with Crippen LogP contribution in [0.2, 0.25) is 0 Å². The molecular weight excluding hydrogens is 232 g/mol. The summed E-state index contributed by atoms with van der Waals surface area (Å²) in [5.74, 6) is 0.897. The lowest BCUT2D eigenvalue weighted by Crippen LogP contribution is -2.11. The van der Waals surface area contributed by atoms with Crippen LogP contribution in [0.15, 0.2) is 35.2 Å². The van der Waals surface area contributed by atoms with Crippen LogP contribution in [-0.4, -0.2) is 11.5 Å². The van der Waals surface area contributed by atoms with E-state index in [1.54, 1.807) is 11.3 Å². The average Bonchev–Trinajstić information content (AvgIpc) is 2.87. The van der Waals surface area contributed by atoms with E-state index in [1.165, 1.54) is 5.56 Å². The summed E-state index contributed by atoms with van der Waals surface area (Å²) in [4.78, 5) is 4.18. The molecule has 0 bridgehead atoms. The first-order chi connectivity index (χ1) is 8.38. The van der Waals surface area contributed by atoms with E-state index in [4.69, 9.17) is 4.74 Å². The first kappa shape index (κ1) is 12.1. The number of rotatable bonds is 6. The number of aromatic nitrogens is 1. The zero-order valence-electron chi connectivity index (χ0n) is 9.85. The SMILES string of the molecule is CCNCc1cccc(OCc2cscn2)c1. The van der Waals surface area contributed by atoms with Crippen LogP contribution in [0.1, 0.15) is 18.2 Å². The van der Waals surface area contributed by atoms with E-state index in [1.807, 2.05) is 23.0 Å². The molecule has 0 aliphatic carbocycles. The highest BCUT2D eigenvalue weighted by Gasteiger charge is 1.99. The van der Waals surface area contributed by atoms with Gasteiger partial charge in [0, 0.05) is 11.9 Å². The van der Waals surface area contributed by atoms with Crippen LogP contribution in [0.3, 0.4) is 0 Å². The van der Waals surface area contributed by atoms with Gasteiger partial charge in [0.15, 0.2) is 0 Å². The molecule has 1 aromatic carbocycles. The van der Waals surface area contributed by atoms with E-state index >= 15 is 0 Å². The van der Waals surface area contributed by atoms with Crippen molar-refractivity contribution in [1.29, 1.82) is 0 Å². The van der Waals surface area contributed by atoms with Gasteiger partial charge in [-0.25, -0.2) is 4.98 Å². The Bertz CT molecular complexity index is 442. The Balaban J connectivity index is 1.91. The summed E-state index contributed by atoms with van der Waals surface area (Å²) in [7, 11) is 0. The molecule has 3 nitrogen and oxygen atoms in total. The van der Waals surface area contributed by atoms with Crippen molar-refractivity contribution in [3.8, 4) is 5.75 Å². The van der Waals surface area contributed by atoms with Gasteiger partial charge in [-0.3, -0.25) is 0 Å². The fraction of sp³-hybridized carbons (Fsp3) is 0.308. The Morgan fingerprint density at radius 2 is 2.35 bits per heavy atom. The van der Waals surface area contributed by atoms with Gasteiger partial charge >= 0.3 is 0 Å². The van der Waals surface area contributed by atoms with Crippen molar-refractivity contribution in [2.75, 3.05) is 6.54 Å². The smallest absolute Gasteiger partial charge is 0.131 e. The van der Waals surface area contributed by atoms with Crippen LogP contribution in [0.4, 0.5) is 0 Å². The van der Waals surface area contributed by atoms with Gasteiger partial charge in [-0.05, 0) is 24.2 Å². The monoisotopic (exact) mass is 248 g/mol. The molecular formula is C13H16N2OS. The third-order valence-electron chi connectivity index (χ3n) is 2.35. The lowest BCUT2D eigenvalue weighted by molar-refractivity contribution is 0.302. The van der Waals surface area contributed by atoms with Gasteiger partial charge in [0.2, 0.25) is 0 Å². The van der Waals surface area contributed by atoms with Gasteiger partial charge in [-0.15, -0.1) is 11.3 Å². The molecule has 0 aliphatic rings. The molecule has 2 aromatic rings. The molecule has 0 fully saturated rings. The minimum Gasteiger partial charge on any atom is -0.487 e. The Labute approximate surface area is 105 Å². The summed E-state index contributed by atoms with van der Waals surface area (Å²) in [5, 5.41) is 5.30. The van der Waals surface area contributed by atoms with Crippen LogP contribution in [0.5, 0.6) is 5.75 Å². The number of hydrogen-bond acceptors (Lipinski definition) is 4. The predicted octanol–water partition coefficient (Wildman–Crippen LogP) is 2.83. The summed E-state index contributed by atoms with van der Waals surface area (Å²) in [6.45, 7) is 4.49. The fourth-order valence-electron chi connectivity index (χ4n) is 1.48. The quantitative estimate of drug-likeness (QED) is 0.853. The number of thiazole rings is 1. The number of hydrogen-bond donors (Lipinski definition) is 1. The minimum absolute atomic E-state index is 0.536. The average molecular weight is 248 g/mol. The number of nitrogens with one attached hydrogen (secondary N) is 1. The van der Waals surface area contributed by atoms with Crippen LogP contribution in [-0.2, 0) is 13.2 Å². The van der Waals surface area contributed by atoms with E-state index in [9.17, 15) is 0 Å². The van der Waals surface area contributed by atoms with Crippen molar-refractivity contribution in [2.24, 2.45) is 0 Å². The Morgan fingerprint density at radius 3 is 3.12 bits per heavy atom. The number of nitrogens with zero attached hydrogens (tertiary/aromatic N) is 1. The second-order valence-electron chi connectivity index (χ2n) is 3.70. The normalized spacial score (nSPS) is 10.4. The van der Waals surface area contributed by atoms with Crippen LogP contribution in [0, 0.1) is 0 Å². The van der Waals surface area contributed by atoms with E-state index in [2.05, 4.69) is 29.4 Å². The molecule has 2 rings (SSSR count). The highest BCUT2D eigenvalue weighted by atomic mass is 32.1. The van der Waals surface area contributed by atoms with Crippen molar-refractivity contribution in [1.82, 2.24) is 10.3 Å². The Kier molecular flexibility index (Phi) is 4.53. The van der Waals surface area contributed by atoms with E-state index in [0.29, 0.717) is 6.61 Å². The lowest BCUT2D eigenvalue weighted by atomic mass is 10.2. The molecule has 0 amide bonds.